The molecule has 0 bridgehead atoms. The number of phenols is 1. The zero-order valence-electron chi connectivity index (χ0n) is 17.0. The van der Waals surface area contributed by atoms with Crippen molar-refractivity contribution in [2.24, 2.45) is 0 Å². The molecule has 5 nitrogen and oxygen atoms in total. The van der Waals surface area contributed by atoms with Crippen molar-refractivity contribution in [2.45, 2.75) is 19.9 Å². The van der Waals surface area contributed by atoms with Gasteiger partial charge in [-0.25, -0.2) is 0 Å². The highest BCUT2D eigenvalue weighted by atomic mass is 35.5. The van der Waals surface area contributed by atoms with Gasteiger partial charge in [-0.3, -0.25) is 14.5 Å². The molecular weight excluding hydrogens is 414 g/mol. The molecule has 1 aliphatic rings. The second kappa shape index (κ2) is 7.93. The molecule has 6 heteroatoms. The molecule has 1 amide bonds. The summed E-state index contributed by atoms with van der Waals surface area (Å²) in [5.74, 6) is -1.71. The number of hydrogen-bond acceptors (Lipinski definition) is 4. The second-order valence-corrected chi connectivity index (χ2v) is 7.92. The van der Waals surface area contributed by atoms with E-state index in [1.807, 2.05) is 26.0 Å². The topological polar surface area (TPSA) is 77.8 Å². The first kappa shape index (κ1) is 20.7. The Hall–Kier alpha value is -3.57. The summed E-state index contributed by atoms with van der Waals surface area (Å²) in [6, 6.07) is 17.3. The van der Waals surface area contributed by atoms with Crippen LogP contribution in [0.15, 0.2) is 72.3 Å². The van der Waals surface area contributed by atoms with Gasteiger partial charge < -0.3 is 10.2 Å². The number of nitrogens with zero attached hydrogens (tertiary/aromatic N) is 1. The van der Waals surface area contributed by atoms with E-state index < -0.39 is 17.7 Å². The van der Waals surface area contributed by atoms with E-state index in [1.165, 1.54) is 17.0 Å². The molecule has 1 saturated heterocycles. The number of Topliss-reactive ketones (excluding diaryl/α,β-unsaturated/α-hetero) is 1. The molecule has 1 unspecified atom stereocenters. The highest BCUT2D eigenvalue weighted by molar-refractivity contribution is 6.51. The van der Waals surface area contributed by atoms with Gasteiger partial charge in [0.15, 0.2) is 0 Å². The lowest BCUT2D eigenvalue weighted by Gasteiger charge is -2.27. The molecule has 1 atom stereocenters. The van der Waals surface area contributed by atoms with E-state index in [2.05, 4.69) is 0 Å². The van der Waals surface area contributed by atoms with Gasteiger partial charge in [-0.1, -0.05) is 35.9 Å². The zero-order chi connectivity index (χ0) is 22.3. The van der Waals surface area contributed by atoms with Gasteiger partial charge in [-0.15, -0.1) is 0 Å². The molecule has 4 rings (SSSR count). The number of aliphatic hydroxyl groups excluding tert-OH is 1. The fourth-order valence-electron chi connectivity index (χ4n) is 3.81. The van der Waals surface area contributed by atoms with E-state index in [4.69, 9.17) is 11.6 Å². The van der Waals surface area contributed by atoms with Crippen LogP contribution in [0, 0.1) is 13.8 Å². The van der Waals surface area contributed by atoms with Crippen LogP contribution in [0.4, 0.5) is 5.69 Å². The number of aromatic hydroxyl groups is 1. The molecule has 0 radical (unpaired) electrons. The molecule has 0 saturated carbocycles. The van der Waals surface area contributed by atoms with Crippen molar-refractivity contribution < 1.29 is 19.8 Å². The van der Waals surface area contributed by atoms with Crippen LogP contribution in [0.1, 0.15) is 28.3 Å². The van der Waals surface area contributed by atoms with Gasteiger partial charge in [0.2, 0.25) is 0 Å². The fourth-order valence-corrected chi connectivity index (χ4v) is 3.94. The smallest absolute Gasteiger partial charge is 0.300 e. The van der Waals surface area contributed by atoms with Crippen LogP contribution in [0.5, 0.6) is 5.75 Å². The Morgan fingerprint density at radius 3 is 2.23 bits per heavy atom. The standard InChI is InChI=1S/C25H20ClNO4/c1-14-4-3-5-20(15(14)2)27-22(16-8-12-19(28)13-9-16)21(24(30)25(27)31)23(29)17-6-10-18(26)11-7-17/h3-13,22,28-29H,1-2H3/b23-21+. The van der Waals surface area contributed by atoms with Gasteiger partial charge in [0, 0.05) is 16.3 Å². The third kappa shape index (κ3) is 3.57. The van der Waals surface area contributed by atoms with Crippen molar-refractivity contribution in [3.8, 4) is 5.75 Å². The molecule has 1 fully saturated rings. The van der Waals surface area contributed by atoms with E-state index in [-0.39, 0.29) is 17.1 Å². The summed E-state index contributed by atoms with van der Waals surface area (Å²) in [6.07, 6.45) is 0. The number of amides is 1. The first-order valence-electron chi connectivity index (χ1n) is 9.71. The summed E-state index contributed by atoms with van der Waals surface area (Å²) in [6.45, 7) is 3.82. The van der Waals surface area contributed by atoms with Gasteiger partial charge in [0.1, 0.15) is 11.5 Å². The molecule has 1 heterocycles. The van der Waals surface area contributed by atoms with E-state index in [1.54, 1.807) is 42.5 Å². The molecule has 2 N–H and O–H groups in total. The third-order valence-electron chi connectivity index (χ3n) is 5.61. The predicted molar refractivity (Wildman–Crippen MR) is 120 cm³/mol. The minimum Gasteiger partial charge on any atom is -0.508 e. The molecule has 31 heavy (non-hydrogen) atoms. The predicted octanol–water partition coefficient (Wildman–Crippen LogP) is 5.29. The summed E-state index contributed by atoms with van der Waals surface area (Å²) in [5.41, 5.74) is 3.39. The summed E-state index contributed by atoms with van der Waals surface area (Å²) >= 11 is 5.95. The van der Waals surface area contributed by atoms with E-state index >= 15 is 0 Å². The first-order valence-corrected chi connectivity index (χ1v) is 10.1. The lowest BCUT2D eigenvalue weighted by atomic mass is 9.94. The Kier molecular flexibility index (Phi) is 5.29. The third-order valence-corrected chi connectivity index (χ3v) is 5.86. The minimum atomic E-state index is -0.850. The Bertz CT molecular complexity index is 1210. The van der Waals surface area contributed by atoms with Gasteiger partial charge >= 0.3 is 0 Å². The van der Waals surface area contributed by atoms with Crippen molar-refractivity contribution in [1.29, 1.82) is 0 Å². The number of ketones is 1. The average Bonchev–Trinajstić information content (AvgIpc) is 3.01. The minimum absolute atomic E-state index is 0.0149. The summed E-state index contributed by atoms with van der Waals surface area (Å²) in [7, 11) is 0. The van der Waals surface area contributed by atoms with Gasteiger partial charge in [-0.2, -0.15) is 0 Å². The largest absolute Gasteiger partial charge is 0.508 e. The van der Waals surface area contributed by atoms with Crippen LogP contribution in [0.25, 0.3) is 5.76 Å². The zero-order valence-corrected chi connectivity index (χ0v) is 17.7. The van der Waals surface area contributed by atoms with E-state index in [0.29, 0.717) is 21.8 Å². The Morgan fingerprint density at radius 2 is 1.58 bits per heavy atom. The van der Waals surface area contributed by atoms with Crippen LogP contribution in [-0.4, -0.2) is 21.9 Å². The molecule has 3 aromatic carbocycles. The van der Waals surface area contributed by atoms with Gasteiger partial charge in [0.25, 0.3) is 11.7 Å². The number of halogens is 1. The second-order valence-electron chi connectivity index (χ2n) is 7.49. The summed E-state index contributed by atoms with van der Waals surface area (Å²) in [5, 5.41) is 21.3. The maximum absolute atomic E-state index is 13.2. The lowest BCUT2D eigenvalue weighted by molar-refractivity contribution is -0.132. The van der Waals surface area contributed by atoms with E-state index in [0.717, 1.165) is 11.1 Å². The monoisotopic (exact) mass is 433 g/mol. The quantitative estimate of drug-likeness (QED) is 0.334. The number of aryl methyl sites for hydroxylation is 1. The van der Waals surface area contributed by atoms with Crippen LogP contribution >= 0.6 is 11.6 Å². The Balaban J connectivity index is 1.98. The van der Waals surface area contributed by atoms with Gasteiger partial charge in [-0.05, 0) is 73.0 Å². The Labute approximate surface area is 184 Å². The fraction of sp³-hybridized carbons (Fsp3) is 0.120. The number of carbonyl (C=O) groups is 2. The summed E-state index contributed by atoms with van der Waals surface area (Å²) < 4.78 is 0. The highest BCUT2D eigenvalue weighted by Crippen LogP contribution is 2.43. The highest BCUT2D eigenvalue weighted by Gasteiger charge is 2.47. The van der Waals surface area contributed by atoms with Gasteiger partial charge in [0.05, 0.1) is 11.6 Å². The molecule has 156 valence electrons. The number of rotatable bonds is 3. The SMILES string of the molecule is Cc1cccc(N2C(=O)C(=O)/C(=C(/O)c3ccc(Cl)cc3)C2c2ccc(O)cc2)c1C. The number of aliphatic hydroxyl groups is 1. The van der Waals surface area contributed by atoms with Crippen LogP contribution in [0.2, 0.25) is 5.02 Å². The number of benzene rings is 3. The lowest BCUT2D eigenvalue weighted by Crippen LogP contribution is -2.30. The molecule has 0 spiro atoms. The van der Waals surface area contributed by atoms with Crippen molar-refractivity contribution in [2.75, 3.05) is 4.90 Å². The molecule has 0 aliphatic carbocycles. The van der Waals surface area contributed by atoms with Crippen LogP contribution in [-0.2, 0) is 9.59 Å². The molecule has 1 aliphatic heterocycles. The maximum atomic E-state index is 13.2. The average molecular weight is 434 g/mol. The van der Waals surface area contributed by atoms with E-state index in [9.17, 15) is 19.8 Å². The first-order chi connectivity index (χ1) is 14.8. The molecule has 0 aromatic heterocycles. The molecule has 3 aromatic rings. The number of carbonyl (C=O) groups excluding carboxylic acids is 2. The van der Waals surface area contributed by atoms with Crippen LogP contribution in [0.3, 0.4) is 0 Å². The van der Waals surface area contributed by atoms with Crippen LogP contribution < -0.4 is 4.90 Å². The maximum Gasteiger partial charge on any atom is 0.300 e. The van der Waals surface area contributed by atoms with Crippen molar-refractivity contribution >= 4 is 34.7 Å². The number of phenolic OH excluding ortho intramolecular Hbond substituents is 1. The van der Waals surface area contributed by atoms with Crippen molar-refractivity contribution in [3.63, 3.8) is 0 Å². The number of hydrogen-bond donors (Lipinski definition) is 2. The molecular formula is C25H20ClNO4. The Morgan fingerprint density at radius 1 is 0.935 bits per heavy atom. The van der Waals surface area contributed by atoms with Crippen molar-refractivity contribution in [3.05, 3.63) is 99.6 Å². The summed E-state index contributed by atoms with van der Waals surface area (Å²) in [4.78, 5) is 27.7. The normalized spacial score (nSPS) is 17.9. The van der Waals surface area contributed by atoms with Crippen molar-refractivity contribution in [1.82, 2.24) is 0 Å². The number of anilines is 1.